The van der Waals surface area contributed by atoms with Crippen LogP contribution in [0.4, 0.5) is 0 Å². The van der Waals surface area contributed by atoms with Gasteiger partial charge in [0.25, 0.3) is 5.91 Å². The van der Waals surface area contributed by atoms with Crippen molar-refractivity contribution in [2.45, 2.75) is 83.4 Å². The molecule has 35 heavy (non-hydrogen) atoms. The molecule has 4 rings (SSSR count). The van der Waals surface area contributed by atoms with E-state index in [1.807, 2.05) is 43.1 Å². The Labute approximate surface area is 210 Å². The molecule has 1 heterocycles. The van der Waals surface area contributed by atoms with E-state index in [0.29, 0.717) is 17.9 Å². The Morgan fingerprint density at radius 3 is 2.23 bits per heavy atom. The molecule has 2 amide bonds. The Bertz CT molecular complexity index is 978. The number of carbonyl (C=O) groups is 2. The van der Waals surface area contributed by atoms with Crippen molar-refractivity contribution in [3.05, 3.63) is 59.7 Å². The van der Waals surface area contributed by atoms with E-state index in [-0.39, 0.29) is 30.0 Å². The summed E-state index contributed by atoms with van der Waals surface area (Å²) in [6.07, 6.45) is 8.21. The fraction of sp³-hybridized carbons (Fsp3) is 0.533. The van der Waals surface area contributed by atoms with Crippen LogP contribution in [0.25, 0.3) is 11.1 Å². The topological polar surface area (TPSA) is 58.6 Å². The molecule has 5 heteroatoms. The second-order valence-corrected chi connectivity index (χ2v) is 10.3. The molecule has 2 aromatic carbocycles. The van der Waals surface area contributed by atoms with Crippen LogP contribution in [0.1, 0.15) is 87.2 Å². The Kier molecular flexibility index (Phi) is 8.61. The van der Waals surface area contributed by atoms with E-state index in [1.54, 1.807) is 0 Å². The van der Waals surface area contributed by atoms with Crippen LogP contribution >= 0.6 is 0 Å². The summed E-state index contributed by atoms with van der Waals surface area (Å²) in [4.78, 5) is 26.6. The van der Waals surface area contributed by atoms with Crippen LogP contribution in [-0.2, 0) is 9.53 Å². The highest BCUT2D eigenvalue weighted by molar-refractivity contribution is 5.94. The maximum atomic E-state index is 13.1. The third-order valence-corrected chi connectivity index (χ3v) is 7.77. The van der Waals surface area contributed by atoms with E-state index in [4.69, 9.17) is 4.74 Å². The lowest BCUT2D eigenvalue weighted by Gasteiger charge is -2.29. The molecule has 188 valence electrons. The molecule has 0 spiro atoms. The summed E-state index contributed by atoms with van der Waals surface area (Å²) >= 11 is 0. The van der Waals surface area contributed by atoms with E-state index in [2.05, 4.69) is 36.5 Å². The monoisotopic (exact) mass is 476 g/mol. The molecule has 2 aromatic rings. The highest BCUT2D eigenvalue weighted by Crippen LogP contribution is 2.33. The average Bonchev–Trinajstić information content (AvgIpc) is 3.37. The first kappa shape index (κ1) is 25.4. The van der Waals surface area contributed by atoms with E-state index >= 15 is 0 Å². The summed E-state index contributed by atoms with van der Waals surface area (Å²) in [5, 5.41) is 3.06. The summed E-state index contributed by atoms with van der Waals surface area (Å²) in [5.41, 5.74) is 4.20. The van der Waals surface area contributed by atoms with Gasteiger partial charge in [-0.2, -0.15) is 0 Å². The SMILES string of the molecule is CCCC1CCC(c2ccc(-c3ccc(C(=O)N(C)[C@H]4CCC(NC(=O)CC)C4)cc3)cc2)OC1. The number of nitrogens with one attached hydrogen (secondary N) is 1. The van der Waals surface area contributed by atoms with Crippen molar-refractivity contribution < 1.29 is 14.3 Å². The number of ether oxygens (including phenoxy) is 1. The van der Waals surface area contributed by atoms with Crippen molar-refractivity contribution in [1.82, 2.24) is 10.2 Å². The number of benzene rings is 2. The first-order valence-corrected chi connectivity index (χ1v) is 13.4. The third-order valence-electron chi connectivity index (χ3n) is 7.77. The predicted molar refractivity (Wildman–Crippen MR) is 140 cm³/mol. The summed E-state index contributed by atoms with van der Waals surface area (Å²) in [5.74, 6) is 0.836. The largest absolute Gasteiger partial charge is 0.373 e. The zero-order chi connectivity index (χ0) is 24.8. The number of hydrogen-bond donors (Lipinski definition) is 1. The lowest BCUT2D eigenvalue weighted by Crippen LogP contribution is -2.38. The highest BCUT2D eigenvalue weighted by Gasteiger charge is 2.31. The molecule has 0 bridgehead atoms. The highest BCUT2D eigenvalue weighted by atomic mass is 16.5. The molecule has 0 aromatic heterocycles. The van der Waals surface area contributed by atoms with Crippen molar-refractivity contribution in [2.75, 3.05) is 13.7 Å². The Balaban J connectivity index is 1.33. The van der Waals surface area contributed by atoms with Crippen molar-refractivity contribution in [2.24, 2.45) is 5.92 Å². The van der Waals surface area contributed by atoms with Crippen LogP contribution in [0.5, 0.6) is 0 Å². The van der Waals surface area contributed by atoms with Crippen LogP contribution < -0.4 is 5.32 Å². The second-order valence-electron chi connectivity index (χ2n) is 10.3. The van der Waals surface area contributed by atoms with Crippen LogP contribution in [0.15, 0.2) is 48.5 Å². The first-order valence-electron chi connectivity index (χ1n) is 13.4. The number of hydrogen-bond acceptors (Lipinski definition) is 3. The van der Waals surface area contributed by atoms with E-state index in [1.165, 1.54) is 24.8 Å². The van der Waals surface area contributed by atoms with Crippen LogP contribution in [0.2, 0.25) is 0 Å². The zero-order valence-electron chi connectivity index (χ0n) is 21.5. The minimum Gasteiger partial charge on any atom is -0.373 e. The molecule has 2 fully saturated rings. The van der Waals surface area contributed by atoms with Gasteiger partial charge in [-0.25, -0.2) is 0 Å². The van der Waals surface area contributed by atoms with Crippen molar-refractivity contribution in [3.63, 3.8) is 0 Å². The molecular formula is C30H40N2O3. The summed E-state index contributed by atoms with van der Waals surface area (Å²) in [6, 6.07) is 16.9. The molecule has 1 aliphatic heterocycles. The van der Waals surface area contributed by atoms with Gasteiger partial charge in [-0.1, -0.05) is 56.7 Å². The quantitative estimate of drug-likeness (QED) is 0.498. The van der Waals surface area contributed by atoms with Crippen LogP contribution in [0, 0.1) is 5.92 Å². The maximum Gasteiger partial charge on any atom is 0.253 e. The van der Waals surface area contributed by atoms with Gasteiger partial charge in [0.2, 0.25) is 5.91 Å². The number of nitrogens with zero attached hydrogens (tertiary/aromatic N) is 1. The van der Waals surface area contributed by atoms with Crippen LogP contribution in [0.3, 0.4) is 0 Å². The predicted octanol–water partition coefficient (Wildman–Crippen LogP) is 6.14. The molecule has 5 nitrogen and oxygen atoms in total. The summed E-state index contributed by atoms with van der Waals surface area (Å²) < 4.78 is 6.15. The van der Waals surface area contributed by atoms with Gasteiger partial charge in [-0.15, -0.1) is 0 Å². The maximum absolute atomic E-state index is 13.1. The van der Waals surface area contributed by atoms with Gasteiger partial charge in [0.15, 0.2) is 0 Å². The Hall–Kier alpha value is -2.66. The average molecular weight is 477 g/mol. The fourth-order valence-electron chi connectivity index (χ4n) is 5.54. The third kappa shape index (κ3) is 6.32. The van der Waals surface area contributed by atoms with Gasteiger partial charge in [-0.3, -0.25) is 9.59 Å². The van der Waals surface area contributed by atoms with E-state index in [0.717, 1.165) is 43.4 Å². The molecule has 1 N–H and O–H groups in total. The van der Waals surface area contributed by atoms with Gasteiger partial charge >= 0.3 is 0 Å². The van der Waals surface area contributed by atoms with Gasteiger partial charge < -0.3 is 15.0 Å². The molecule has 4 atom stereocenters. The lowest BCUT2D eigenvalue weighted by molar-refractivity contribution is -0.121. The van der Waals surface area contributed by atoms with Crippen molar-refractivity contribution in [3.8, 4) is 11.1 Å². The minimum absolute atomic E-state index is 0.0372. The smallest absolute Gasteiger partial charge is 0.253 e. The Morgan fingerprint density at radius 2 is 1.63 bits per heavy atom. The normalized spacial score (nSPS) is 24.2. The molecular weight excluding hydrogens is 436 g/mol. The number of rotatable bonds is 8. The number of carbonyl (C=O) groups excluding carboxylic acids is 2. The van der Waals surface area contributed by atoms with E-state index < -0.39 is 0 Å². The number of amides is 2. The molecule has 3 unspecified atom stereocenters. The van der Waals surface area contributed by atoms with Crippen LogP contribution in [-0.4, -0.2) is 42.5 Å². The minimum atomic E-state index is 0.0372. The van der Waals surface area contributed by atoms with Crippen molar-refractivity contribution >= 4 is 11.8 Å². The molecule has 1 saturated carbocycles. The Morgan fingerprint density at radius 1 is 0.943 bits per heavy atom. The second kappa shape index (κ2) is 11.9. The zero-order valence-corrected chi connectivity index (χ0v) is 21.5. The first-order chi connectivity index (χ1) is 17.0. The van der Waals surface area contributed by atoms with Crippen molar-refractivity contribution in [1.29, 1.82) is 0 Å². The van der Waals surface area contributed by atoms with Gasteiger partial charge in [0.1, 0.15) is 0 Å². The molecule has 1 aliphatic carbocycles. The van der Waals surface area contributed by atoms with E-state index in [9.17, 15) is 9.59 Å². The van der Waals surface area contributed by atoms with Gasteiger partial charge in [0.05, 0.1) is 12.7 Å². The fourth-order valence-corrected chi connectivity index (χ4v) is 5.54. The summed E-state index contributed by atoms with van der Waals surface area (Å²) in [6.45, 7) is 4.98. The standard InChI is InChI=1S/C30H40N2O3/c1-4-6-21-7-18-28(35-20-21)24-12-8-22(9-13-24)23-10-14-25(15-11-23)30(34)32(3)27-17-16-26(19-27)31-29(33)5-2/h8-15,21,26-28H,4-7,16-20H2,1-3H3,(H,31,33)/t21?,26?,27-,28?/m0/s1. The lowest BCUT2D eigenvalue weighted by atomic mass is 9.91. The van der Waals surface area contributed by atoms with Gasteiger partial charge in [-0.05, 0) is 73.3 Å². The molecule has 1 saturated heterocycles. The van der Waals surface area contributed by atoms with Gasteiger partial charge in [0, 0.05) is 31.1 Å². The molecule has 0 radical (unpaired) electrons. The summed E-state index contributed by atoms with van der Waals surface area (Å²) in [7, 11) is 1.88. The molecule has 2 aliphatic rings.